The Morgan fingerprint density at radius 2 is 2.24 bits per heavy atom. The molecular formula is C13H18ClFN2O2S2. The molecule has 1 saturated heterocycles. The van der Waals surface area contributed by atoms with Crippen LogP contribution in [0.25, 0.3) is 0 Å². The molecule has 21 heavy (non-hydrogen) atoms. The van der Waals surface area contributed by atoms with Gasteiger partial charge in [0, 0.05) is 30.6 Å². The van der Waals surface area contributed by atoms with E-state index in [1.165, 1.54) is 10.4 Å². The van der Waals surface area contributed by atoms with Gasteiger partial charge in [-0.3, -0.25) is 0 Å². The predicted octanol–water partition coefficient (Wildman–Crippen LogP) is 2.32. The minimum atomic E-state index is -3.68. The van der Waals surface area contributed by atoms with E-state index in [1.807, 2.05) is 6.92 Å². The lowest BCUT2D eigenvalue weighted by molar-refractivity contribution is 0.423. The minimum Gasteiger partial charge on any atom is -0.316 e. The van der Waals surface area contributed by atoms with Gasteiger partial charge >= 0.3 is 0 Å². The fourth-order valence-corrected chi connectivity index (χ4v) is 5.23. The second-order valence-corrected chi connectivity index (χ2v) is 8.82. The molecule has 0 radical (unpaired) electrons. The standard InChI is InChI=1S/C13H18ClFN2O2S2/c1-9-8-17(3-4-20-9)21(18,19)11-5-10(7-16-2)13(14)12(15)6-11/h5-6,9,16H,3-4,7-8H2,1-2H3. The number of hydrogen-bond acceptors (Lipinski definition) is 4. The molecule has 2 rings (SSSR count). The number of sulfonamides is 1. The highest BCUT2D eigenvalue weighted by molar-refractivity contribution is 8.00. The van der Waals surface area contributed by atoms with Crippen LogP contribution >= 0.6 is 23.4 Å². The molecule has 1 aliphatic rings. The van der Waals surface area contributed by atoms with Gasteiger partial charge in [0.25, 0.3) is 0 Å². The highest BCUT2D eigenvalue weighted by atomic mass is 35.5. The molecular weight excluding hydrogens is 335 g/mol. The maximum atomic E-state index is 13.9. The number of thioether (sulfide) groups is 1. The lowest BCUT2D eigenvalue weighted by Gasteiger charge is -2.29. The van der Waals surface area contributed by atoms with Crippen LogP contribution in [0.1, 0.15) is 12.5 Å². The van der Waals surface area contributed by atoms with Crippen molar-refractivity contribution in [1.82, 2.24) is 9.62 Å². The molecule has 4 nitrogen and oxygen atoms in total. The number of benzene rings is 1. The third-order valence-electron chi connectivity index (χ3n) is 3.29. The first-order chi connectivity index (χ1) is 9.86. The molecule has 1 aliphatic heterocycles. The van der Waals surface area contributed by atoms with Gasteiger partial charge in [-0.1, -0.05) is 18.5 Å². The zero-order chi connectivity index (χ0) is 15.6. The fraction of sp³-hybridized carbons (Fsp3) is 0.538. The lowest BCUT2D eigenvalue weighted by atomic mass is 10.2. The minimum absolute atomic E-state index is 0.0336. The summed E-state index contributed by atoms with van der Waals surface area (Å²) in [6.45, 7) is 3.19. The average molecular weight is 353 g/mol. The van der Waals surface area contributed by atoms with E-state index in [0.717, 1.165) is 11.8 Å². The molecule has 1 atom stereocenters. The van der Waals surface area contributed by atoms with Gasteiger partial charge in [-0.15, -0.1) is 0 Å². The van der Waals surface area contributed by atoms with Gasteiger partial charge in [0.2, 0.25) is 10.0 Å². The summed E-state index contributed by atoms with van der Waals surface area (Å²) in [5, 5.41) is 3.06. The van der Waals surface area contributed by atoms with Crippen LogP contribution in [0.4, 0.5) is 4.39 Å². The van der Waals surface area contributed by atoms with Gasteiger partial charge in [0.1, 0.15) is 5.82 Å². The zero-order valence-electron chi connectivity index (χ0n) is 11.9. The van der Waals surface area contributed by atoms with Crippen molar-refractivity contribution in [2.24, 2.45) is 0 Å². The van der Waals surface area contributed by atoms with E-state index in [0.29, 0.717) is 25.2 Å². The van der Waals surface area contributed by atoms with E-state index in [-0.39, 0.29) is 15.2 Å². The molecule has 1 aromatic rings. The van der Waals surface area contributed by atoms with E-state index in [1.54, 1.807) is 18.8 Å². The van der Waals surface area contributed by atoms with Crippen LogP contribution in [-0.4, -0.2) is 43.9 Å². The van der Waals surface area contributed by atoms with Crippen molar-refractivity contribution < 1.29 is 12.8 Å². The van der Waals surface area contributed by atoms with E-state index in [9.17, 15) is 12.8 Å². The van der Waals surface area contributed by atoms with Crippen LogP contribution in [0.3, 0.4) is 0 Å². The fourth-order valence-electron chi connectivity index (χ4n) is 2.24. The smallest absolute Gasteiger partial charge is 0.243 e. The topological polar surface area (TPSA) is 49.4 Å². The SMILES string of the molecule is CNCc1cc(S(=O)(=O)N2CCSC(C)C2)cc(F)c1Cl. The van der Waals surface area contributed by atoms with Gasteiger partial charge in [0.05, 0.1) is 9.92 Å². The first kappa shape index (κ1) is 17.0. The van der Waals surface area contributed by atoms with Crippen LogP contribution in [0.15, 0.2) is 17.0 Å². The molecule has 1 fully saturated rings. The second kappa shape index (κ2) is 6.83. The number of nitrogens with one attached hydrogen (secondary N) is 1. The Kier molecular flexibility index (Phi) is 5.54. The number of hydrogen-bond donors (Lipinski definition) is 1. The maximum Gasteiger partial charge on any atom is 0.243 e. The van der Waals surface area contributed by atoms with Gasteiger partial charge in [0.15, 0.2) is 0 Å². The number of rotatable bonds is 4. The Morgan fingerprint density at radius 1 is 1.52 bits per heavy atom. The third kappa shape index (κ3) is 3.71. The molecule has 1 heterocycles. The van der Waals surface area contributed by atoms with Crippen molar-refractivity contribution in [3.8, 4) is 0 Å². The van der Waals surface area contributed by atoms with E-state index in [2.05, 4.69) is 5.32 Å². The molecule has 8 heteroatoms. The Morgan fingerprint density at radius 3 is 2.86 bits per heavy atom. The van der Waals surface area contributed by atoms with Crippen molar-refractivity contribution in [1.29, 1.82) is 0 Å². The van der Waals surface area contributed by atoms with Crippen LogP contribution in [-0.2, 0) is 16.6 Å². The van der Waals surface area contributed by atoms with Crippen molar-refractivity contribution in [3.63, 3.8) is 0 Å². The lowest BCUT2D eigenvalue weighted by Crippen LogP contribution is -2.41. The molecule has 0 amide bonds. The summed E-state index contributed by atoms with van der Waals surface area (Å²) >= 11 is 7.61. The van der Waals surface area contributed by atoms with Gasteiger partial charge in [-0.25, -0.2) is 12.8 Å². The molecule has 0 aliphatic carbocycles. The molecule has 1 aromatic carbocycles. The molecule has 1 N–H and O–H groups in total. The Hall–Kier alpha value is -0.340. The second-order valence-electron chi connectivity index (χ2n) is 4.95. The van der Waals surface area contributed by atoms with Crippen LogP contribution < -0.4 is 5.32 Å². The van der Waals surface area contributed by atoms with Crippen LogP contribution in [0.2, 0.25) is 5.02 Å². The summed E-state index contributed by atoms with van der Waals surface area (Å²) in [6.07, 6.45) is 0. The normalized spacial score (nSPS) is 20.7. The Bertz CT molecular complexity index is 625. The molecule has 0 aromatic heterocycles. The molecule has 0 bridgehead atoms. The summed E-state index contributed by atoms with van der Waals surface area (Å²) in [6, 6.07) is 2.45. The first-order valence-electron chi connectivity index (χ1n) is 6.60. The van der Waals surface area contributed by atoms with Crippen LogP contribution in [0.5, 0.6) is 0 Å². The Labute approximate surface area is 134 Å². The third-order valence-corrected chi connectivity index (χ3v) is 6.69. The summed E-state index contributed by atoms with van der Waals surface area (Å²) in [5.74, 6) is 0.0438. The number of nitrogens with zero attached hydrogens (tertiary/aromatic N) is 1. The molecule has 1 unspecified atom stereocenters. The average Bonchev–Trinajstić information content (AvgIpc) is 2.43. The number of halogens is 2. The summed E-state index contributed by atoms with van der Waals surface area (Å²) in [4.78, 5) is -0.0336. The van der Waals surface area contributed by atoms with Gasteiger partial charge < -0.3 is 5.32 Å². The van der Waals surface area contributed by atoms with Crippen molar-refractivity contribution in [2.45, 2.75) is 23.6 Å². The van der Waals surface area contributed by atoms with Gasteiger partial charge in [-0.2, -0.15) is 16.1 Å². The highest BCUT2D eigenvalue weighted by Gasteiger charge is 2.30. The van der Waals surface area contributed by atoms with Gasteiger partial charge in [-0.05, 0) is 24.7 Å². The van der Waals surface area contributed by atoms with Crippen molar-refractivity contribution in [3.05, 3.63) is 28.5 Å². The van der Waals surface area contributed by atoms with Crippen LogP contribution in [0, 0.1) is 5.82 Å². The van der Waals surface area contributed by atoms with E-state index >= 15 is 0 Å². The molecule has 0 saturated carbocycles. The summed E-state index contributed by atoms with van der Waals surface area (Å²) < 4.78 is 40.6. The van der Waals surface area contributed by atoms with Crippen molar-refractivity contribution in [2.75, 3.05) is 25.9 Å². The molecule has 0 spiro atoms. The monoisotopic (exact) mass is 352 g/mol. The van der Waals surface area contributed by atoms with E-state index in [4.69, 9.17) is 11.6 Å². The largest absolute Gasteiger partial charge is 0.316 e. The Balaban J connectivity index is 2.40. The van der Waals surface area contributed by atoms with E-state index < -0.39 is 15.8 Å². The maximum absolute atomic E-state index is 13.9. The first-order valence-corrected chi connectivity index (χ1v) is 9.47. The predicted molar refractivity (Wildman–Crippen MR) is 84.9 cm³/mol. The highest BCUT2D eigenvalue weighted by Crippen LogP contribution is 2.28. The molecule has 118 valence electrons. The zero-order valence-corrected chi connectivity index (χ0v) is 14.3. The quantitative estimate of drug-likeness (QED) is 0.903. The summed E-state index contributed by atoms with van der Waals surface area (Å²) in [5.41, 5.74) is 0.442. The van der Waals surface area contributed by atoms with Crippen molar-refractivity contribution >= 4 is 33.4 Å². The summed E-state index contributed by atoms with van der Waals surface area (Å²) in [7, 11) is -1.99.